The molecule has 1 rings (SSSR count). The Kier molecular flexibility index (Phi) is 4.41. The molecule has 0 aliphatic heterocycles. The molecule has 0 spiro atoms. The van der Waals surface area contributed by atoms with Gasteiger partial charge in [0, 0.05) is 0 Å². The van der Waals surface area contributed by atoms with Crippen LogP contribution in [0, 0.1) is 17.3 Å². The number of allylic oxidation sites excluding steroid dienone is 4. The Balaban J connectivity index is 2.82. The lowest BCUT2D eigenvalue weighted by atomic mass is 9.71. The van der Waals surface area contributed by atoms with Crippen molar-refractivity contribution in [2.75, 3.05) is 0 Å². The summed E-state index contributed by atoms with van der Waals surface area (Å²) in [4.78, 5) is 0. The van der Waals surface area contributed by atoms with Gasteiger partial charge in [-0.1, -0.05) is 64.8 Å². The first kappa shape index (κ1) is 13.5. The highest BCUT2D eigenvalue weighted by Gasteiger charge is 2.28. The SMILES string of the molecule is CCC(C)C1=CC=C(C(C)(C)C(C)C)CC1. The van der Waals surface area contributed by atoms with Gasteiger partial charge in [-0.05, 0) is 36.5 Å². The minimum atomic E-state index is 0.359. The molecular weight excluding hydrogens is 192 g/mol. The lowest BCUT2D eigenvalue weighted by Gasteiger charge is -2.34. The summed E-state index contributed by atoms with van der Waals surface area (Å²) in [5.74, 6) is 1.48. The molecule has 0 bridgehead atoms. The molecule has 1 aliphatic carbocycles. The highest BCUT2D eigenvalue weighted by molar-refractivity contribution is 5.29. The Bertz CT molecular complexity index is 289. The Morgan fingerprint density at radius 2 is 1.75 bits per heavy atom. The van der Waals surface area contributed by atoms with E-state index in [2.05, 4.69) is 53.7 Å². The zero-order valence-corrected chi connectivity index (χ0v) is 11.9. The van der Waals surface area contributed by atoms with Crippen molar-refractivity contribution in [3.63, 3.8) is 0 Å². The van der Waals surface area contributed by atoms with Gasteiger partial charge in [0.2, 0.25) is 0 Å². The molecule has 0 nitrogen and oxygen atoms in total. The standard InChI is InChI=1S/C16H28/c1-7-13(4)14-8-10-15(11-9-14)16(5,6)12(2)3/h8,10,12-13H,7,9,11H2,1-6H3. The van der Waals surface area contributed by atoms with Crippen LogP contribution in [0.4, 0.5) is 0 Å². The average molecular weight is 220 g/mol. The Morgan fingerprint density at radius 1 is 1.12 bits per heavy atom. The normalized spacial score (nSPS) is 19.4. The van der Waals surface area contributed by atoms with Gasteiger partial charge in [-0.3, -0.25) is 0 Å². The molecule has 0 N–H and O–H groups in total. The number of hydrogen-bond donors (Lipinski definition) is 0. The van der Waals surface area contributed by atoms with Gasteiger partial charge in [0.25, 0.3) is 0 Å². The van der Waals surface area contributed by atoms with E-state index < -0.39 is 0 Å². The van der Waals surface area contributed by atoms with Gasteiger partial charge in [0.15, 0.2) is 0 Å². The fraction of sp³-hybridized carbons (Fsp3) is 0.750. The maximum Gasteiger partial charge on any atom is -0.0118 e. The third-order valence-electron chi connectivity index (χ3n) is 4.70. The molecule has 1 atom stereocenters. The molecule has 92 valence electrons. The van der Waals surface area contributed by atoms with Crippen molar-refractivity contribution in [2.45, 2.75) is 60.8 Å². The molecule has 0 aromatic carbocycles. The van der Waals surface area contributed by atoms with Crippen LogP contribution >= 0.6 is 0 Å². The van der Waals surface area contributed by atoms with Crippen molar-refractivity contribution in [2.24, 2.45) is 17.3 Å². The largest absolute Gasteiger partial charge is 0.0671 e. The third-order valence-corrected chi connectivity index (χ3v) is 4.70. The monoisotopic (exact) mass is 220 g/mol. The predicted molar refractivity (Wildman–Crippen MR) is 73.5 cm³/mol. The fourth-order valence-electron chi connectivity index (χ4n) is 2.23. The van der Waals surface area contributed by atoms with Crippen LogP contribution in [-0.4, -0.2) is 0 Å². The zero-order chi connectivity index (χ0) is 12.3. The van der Waals surface area contributed by atoms with Crippen molar-refractivity contribution in [1.29, 1.82) is 0 Å². The van der Waals surface area contributed by atoms with E-state index in [1.165, 1.54) is 19.3 Å². The van der Waals surface area contributed by atoms with E-state index in [-0.39, 0.29) is 0 Å². The van der Waals surface area contributed by atoms with E-state index in [0.717, 1.165) is 11.8 Å². The van der Waals surface area contributed by atoms with Crippen molar-refractivity contribution in [1.82, 2.24) is 0 Å². The van der Waals surface area contributed by atoms with Gasteiger partial charge >= 0.3 is 0 Å². The van der Waals surface area contributed by atoms with E-state index in [0.29, 0.717) is 5.41 Å². The van der Waals surface area contributed by atoms with Gasteiger partial charge in [0.05, 0.1) is 0 Å². The van der Waals surface area contributed by atoms with Gasteiger partial charge in [0.1, 0.15) is 0 Å². The van der Waals surface area contributed by atoms with Gasteiger partial charge in [-0.15, -0.1) is 0 Å². The van der Waals surface area contributed by atoms with E-state index in [4.69, 9.17) is 0 Å². The van der Waals surface area contributed by atoms with Crippen LogP contribution in [0.2, 0.25) is 0 Å². The summed E-state index contributed by atoms with van der Waals surface area (Å²) in [6, 6.07) is 0. The molecule has 0 saturated carbocycles. The fourth-order valence-corrected chi connectivity index (χ4v) is 2.23. The summed E-state index contributed by atoms with van der Waals surface area (Å²) < 4.78 is 0. The van der Waals surface area contributed by atoms with Gasteiger partial charge < -0.3 is 0 Å². The smallest absolute Gasteiger partial charge is 0.0118 e. The molecule has 0 heterocycles. The molecule has 0 aromatic rings. The third kappa shape index (κ3) is 2.78. The lowest BCUT2D eigenvalue weighted by molar-refractivity contribution is 0.299. The molecule has 1 unspecified atom stereocenters. The van der Waals surface area contributed by atoms with Crippen LogP contribution in [0.3, 0.4) is 0 Å². The second kappa shape index (κ2) is 5.21. The Morgan fingerprint density at radius 3 is 2.12 bits per heavy atom. The lowest BCUT2D eigenvalue weighted by Crippen LogP contribution is -2.23. The molecule has 0 amide bonds. The maximum atomic E-state index is 2.39. The minimum Gasteiger partial charge on any atom is -0.0671 e. The topological polar surface area (TPSA) is 0 Å². The molecule has 0 saturated heterocycles. The first-order chi connectivity index (χ1) is 7.39. The quantitative estimate of drug-likeness (QED) is 0.598. The molecule has 0 fully saturated rings. The molecule has 0 aromatic heterocycles. The van der Waals surface area contributed by atoms with Crippen LogP contribution in [0.5, 0.6) is 0 Å². The maximum absolute atomic E-state index is 2.39. The molecule has 0 radical (unpaired) electrons. The zero-order valence-electron chi connectivity index (χ0n) is 11.9. The van der Waals surface area contributed by atoms with Crippen molar-refractivity contribution < 1.29 is 0 Å². The van der Waals surface area contributed by atoms with Crippen LogP contribution in [0.25, 0.3) is 0 Å². The number of rotatable bonds is 4. The summed E-state index contributed by atoms with van der Waals surface area (Å²) >= 11 is 0. The highest BCUT2D eigenvalue weighted by atomic mass is 14.3. The van der Waals surface area contributed by atoms with Gasteiger partial charge in [-0.2, -0.15) is 0 Å². The molecule has 0 heteroatoms. The van der Waals surface area contributed by atoms with Crippen LogP contribution < -0.4 is 0 Å². The van der Waals surface area contributed by atoms with E-state index >= 15 is 0 Å². The van der Waals surface area contributed by atoms with Crippen LogP contribution in [-0.2, 0) is 0 Å². The molecule has 1 aliphatic rings. The van der Waals surface area contributed by atoms with Crippen LogP contribution in [0.15, 0.2) is 23.3 Å². The number of hydrogen-bond acceptors (Lipinski definition) is 0. The summed E-state index contributed by atoms with van der Waals surface area (Å²) in [5.41, 5.74) is 3.64. The van der Waals surface area contributed by atoms with E-state index in [1.807, 2.05) is 0 Å². The molecule has 16 heavy (non-hydrogen) atoms. The van der Waals surface area contributed by atoms with Gasteiger partial charge in [-0.25, -0.2) is 0 Å². The van der Waals surface area contributed by atoms with Crippen molar-refractivity contribution >= 4 is 0 Å². The second-order valence-corrected chi connectivity index (χ2v) is 6.12. The first-order valence-corrected chi connectivity index (χ1v) is 6.79. The highest BCUT2D eigenvalue weighted by Crippen LogP contribution is 2.40. The summed E-state index contributed by atoms with van der Waals surface area (Å²) in [6.45, 7) is 14.0. The summed E-state index contributed by atoms with van der Waals surface area (Å²) in [7, 11) is 0. The van der Waals surface area contributed by atoms with E-state index in [9.17, 15) is 0 Å². The second-order valence-electron chi connectivity index (χ2n) is 6.12. The summed E-state index contributed by atoms with van der Waals surface area (Å²) in [5, 5.41) is 0. The summed E-state index contributed by atoms with van der Waals surface area (Å²) in [6.07, 6.45) is 8.59. The minimum absolute atomic E-state index is 0.359. The Labute approximate surface area is 102 Å². The van der Waals surface area contributed by atoms with E-state index in [1.54, 1.807) is 11.1 Å². The average Bonchev–Trinajstić information content (AvgIpc) is 2.28. The first-order valence-electron chi connectivity index (χ1n) is 6.79. The molecular formula is C16H28. The Hall–Kier alpha value is -0.520. The predicted octanol–water partition coefficient (Wildman–Crippen LogP) is 5.36. The van der Waals surface area contributed by atoms with Crippen LogP contribution in [0.1, 0.15) is 60.8 Å². The van der Waals surface area contributed by atoms with Crippen molar-refractivity contribution in [3.05, 3.63) is 23.3 Å². The van der Waals surface area contributed by atoms with Crippen molar-refractivity contribution in [3.8, 4) is 0 Å².